The van der Waals surface area contributed by atoms with E-state index >= 15 is 0 Å². The van der Waals surface area contributed by atoms with Crippen molar-refractivity contribution in [3.63, 3.8) is 0 Å². The van der Waals surface area contributed by atoms with Crippen molar-refractivity contribution in [3.05, 3.63) is 0 Å². The SMILES string of the molecule is CCNS(=O)(=O)CCNC1C(C)CCCC1C. The van der Waals surface area contributed by atoms with Gasteiger partial charge in [-0.15, -0.1) is 0 Å². The molecule has 1 aliphatic carbocycles. The van der Waals surface area contributed by atoms with Gasteiger partial charge in [0, 0.05) is 19.1 Å². The van der Waals surface area contributed by atoms with Crippen molar-refractivity contribution < 1.29 is 8.42 Å². The highest BCUT2D eigenvalue weighted by molar-refractivity contribution is 7.89. The molecular formula is C12H26N2O2S. The van der Waals surface area contributed by atoms with Crippen LogP contribution in [-0.2, 0) is 10.0 Å². The van der Waals surface area contributed by atoms with Gasteiger partial charge in [-0.3, -0.25) is 0 Å². The summed E-state index contributed by atoms with van der Waals surface area (Å²) < 4.78 is 25.5. The first-order valence-corrected chi connectivity index (χ1v) is 8.32. The van der Waals surface area contributed by atoms with Crippen molar-refractivity contribution in [3.8, 4) is 0 Å². The summed E-state index contributed by atoms with van der Waals surface area (Å²) in [7, 11) is -3.08. The maximum atomic E-state index is 11.5. The zero-order valence-corrected chi connectivity index (χ0v) is 12.0. The Kier molecular flexibility index (Phi) is 5.89. The van der Waals surface area contributed by atoms with Gasteiger partial charge < -0.3 is 5.32 Å². The second kappa shape index (κ2) is 6.71. The van der Waals surface area contributed by atoms with E-state index < -0.39 is 10.0 Å². The van der Waals surface area contributed by atoms with Crippen molar-refractivity contribution in [2.75, 3.05) is 18.8 Å². The highest BCUT2D eigenvalue weighted by Gasteiger charge is 2.27. The van der Waals surface area contributed by atoms with Gasteiger partial charge >= 0.3 is 0 Å². The van der Waals surface area contributed by atoms with Crippen LogP contribution in [0.2, 0.25) is 0 Å². The van der Waals surface area contributed by atoms with Gasteiger partial charge in [-0.05, 0) is 24.7 Å². The van der Waals surface area contributed by atoms with E-state index in [4.69, 9.17) is 0 Å². The highest BCUT2D eigenvalue weighted by Crippen LogP contribution is 2.28. The van der Waals surface area contributed by atoms with Crippen LogP contribution in [0.15, 0.2) is 0 Å². The van der Waals surface area contributed by atoms with E-state index in [9.17, 15) is 8.42 Å². The van der Waals surface area contributed by atoms with E-state index in [0.29, 0.717) is 31.0 Å². The van der Waals surface area contributed by atoms with Gasteiger partial charge in [-0.2, -0.15) is 0 Å². The van der Waals surface area contributed by atoms with Crippen molar-refractivity contribution >= 4 is 10.0 Å². The van der Waals surface area contributed by atoms with Crippen molar-refractivity contribution in [2.24, 2.45) is 11.8 Å². The Morgan fingerprint density at radius 1 is 1.18 bits per heavy atom. The maximum Gasteiger partial charge on any atom is 0.212 e. The summed E-state index contributed by atoms with van der Waals surface area (Å²) >= 11 is 0. The van der Waals surface area contributed by atoms with E-state index in [1.807, 2.05) is 0 Å². The second-order valence-electron chi connectivity index (χ2n) is 5.18. The molecular weight excluding hydrogens is 236 g/mol. The number of rotatable bonds is 6. The Balaban J connectivity index is 2.34. The number of hydrogen-bond donors (Lipinski definition) is 2. The smallest absolute Gasteiger partial charge is 0.212 e. The molecule has 0 radical (unpaired) electrons. The van der Waals surface area contributed by atoms with Crippen molar-refractivity contribution in [2.45, 2.75) is 46.1 Å². The molecule has 2 unspecified atom stereocenters. The lowest BCUT2D eigenvalue weighted by atomic mass is 9.79. The van der Waals surface area contributed by atoms with Crippen LogP contribution in [0, 0.1) is 11.8 Å². The van der Waals surface area contributed by atoms with E-state index in [-0.39, 0.29) is 5.75 Å². The summed E-state index contributed by atoms with van der Waals surface area (Å²) in [6, 6.07) is 0.473. The largest absolute Gasteiger partial charge is 0.312 e. The monoisotopic (exact) mass is 262 g/mol. The van der Waals surface area contributed by atoms with Gasteiger partial charge in [0.15, 0.2) is 0 Å². The summed E-state index contributed by atoms with van der Waals surface area (Å²) in [5, 5.41) is 3.42. The molecule has 0 saturated heterocycles. The molecule has 0 aromatic rings. The van der Waals surface area contributed by atoms with E-state index in [1.165, 1.54) is 19.3 Å². The summed E-state index contributed by atoms with van der Waals surface area (Å²) in [6.45, 7) is 7.34. The Bertz CT molecular complexity index is 306. The number of nitrogens with one attached hydrogen (secondary N) is 2. The van der Waals surface area contributed by atoms with Gasteiger partial charge in [0.2, 0.25) is 10.0 Å². The highest BCUT2D eigenvalue weighted by atomic mass is 32.2. The predicted molar refractivity (Wildman–Crippen MR) is 71.4 cm³/mol. The molecule has 0 heterocycles. The zero-order valence-electron chi connectivity index (χ0n) is 11.2. The first-order chi connectivity index (χ1) is 7.96. The molecule has 2 N–H and O–H groups in total. The fourth-order valence-corrected chi connectivity index (χ4v) is 3.71. The number of sulfonamides is 1. The van der Waals surface area contributed by atoms with Crippen LogP contribution in [0.1, 0.15) is 40.0 Å². The Labute approximate surface area is 106 Å². The van der Waals surface area contributed by atoms with Gasteiger partial charge in [0.25, 0.3) is 0 Å². The van der Waals surface area contributed by atoms with Crippen LogP contribution in [-0.4, -0.2) is 33.3 Å². The van der Waals surface area contributed by atoms with Crippen LogP contribution in [0.4, 0.5) is 0 Å². The van der Waals surface area contributed by atoms with Gasteiger partial charge in [0.1, 0.15) is 0 Å². The van der Waals surface area contributed by atoms with Crippen LogP contribution < -0.4 is 10.0 Å². The minimum atomic E-state index is -3.08. The topological polar surface area (TPSA) is 58.2 Å². The predicted octanol–water partition coefficient (Wildman–Crippen LogP) is 1.34. The molecule has 2 atom stereocenters. The average molecular weight is 262 g/mol. The Morgan fingerprint density at radius 3 is 2.29 bits per heavy atom. The van der Waals surface area contributed by atoms with Crippen molar-refractivity contribution in [1.82, 2.24) is 10.0 Å². The van der Waals surface area contributed by atoms with Gasteiger partial charge in [0.05, 0.1) is 5.75 Å². The van der Waals surface area contributed by atoms with E-state index in [2.05, 4.69) is 23.9 Å². The minimum absolute atomic E-state index is 0.177. The molecule has 1 fully saturated rings. The first-order valence-electron chi connectivity index (χ1n) is 6.67. The van der Waals surface area contributed by atoms with Crippen molar-refractivity contribution in [1.29, 1.82) is 0 Å². The molecule has 0 aromatic carbocycles. The summed E-state index contributed by atoms with van der Waals surface area (Å²) in [5.41, 5.74) is 0. The molecule has 0 spiro atoms. The average Bonchev–Trinajstić information content (AvgIpc) is 2.22. The Hall–Kier alpha value is -0.130. The minimum Gasteiger partial charge on any atom is -0.312 e. The number of hydrogen-bond acceptors (Lipinski definition) is 3. The fraction of sp³-hybridized carbons (Fsp3) is 1.00. The molecule has 0 aliphatic heterocycles. The second-order valence-corrected chi connectivity index (χ2v) is 7.11. The van der Waals surface area contributed by atoms with E-state index in [0.717, 1.165) is 0 Å². The lowest BCUT2D eigenvalue weighted by Gasteiger charge is -2.35. The van der Waals surface area contributed by atoms with Crippen LogP contribution in [0.25, 0.3) is 0 Å². The normalized spacial score (nSPS) is 30.4. The van der Waals surface area contributed by atoms with Gasteiger partial charge in [-0.1, -0.05) is 27.2 Å². The molecule has 0 bridgehead atoms. The van der Waals surface area contributed by atoms with Crippen LogP contribution in [0.5, 0.6) is 0 Å². The molecule has 17 heavy (non-hydrogen) atoms. The third-order valence-corrected chi connectivity index (χ3v) is 5.13. The third-order valence-electron chi connectivity index (χ3n) is 3.66. The molecule has 0 amide bonds. The first kappa shape index (κ1) is 14.9. The molecule has 5 heteroatoms. The molecule has 1 rings (SSSR count). The molecule has 0 aromatic heterocycles. The Morgan fingerprint density at radius 2 is 1.76 bits per heavy atom. The lowest BCUT2D eigenvalue weighted by Crippen LogP contribution is -2.45. The molecule has 102 valence electrons. The standard InChI is InChI=1S/C12H26N2O2S/c1-4-14-17(15,16)9-8-13-12-10(2)6-5-7-11(12)3/h10-14H,4-9H2,1-3H3. The summed E-state index contributed by atoms with van der Waals surface area (Å²) in [6.07, 6.45) is 3.81. The summed E-state index contributed by atoms with van der Waals surface area (Å²) in [4.78, 5) is 0. The quantitative estimate of drug-likeness (QED) is 0.759. The zero-order chi connectivity index (χ0) is 12.9. The molecule has 4 nitrogen and oxygen atoms in total. The maximum absolute atomic E-state index is 11.5. The molecule has 1 saturated carbocycles. The van der Waals surface area contributed by atoms with Crippen LogP contribution in [0.3, 0.4) is 0 Å². The van der Waals surface area contributed by atoms with Gasteiger partial charge in [-0.25, -0.2) is 13.1 Å². The lowest BCUT2D eigenvalue weighted by molar-refractivity contribution is 0.212. The fourth-order valence-electron chi connectivity index (χ4n) is 2.74. The summed E-state index contributed by atoms with van der Waals surface area (Å²) in [5.74, 6) is 1.48. The van der Waals surface area contributed by atoms with Crippen LogP contribution >= 0.6 is 0 Å². The van der Waals surface area contributed by atoms with E-state index in [1.54, 1.807) is 6.92 Å². The third kappa shape index (κ3) is 4.94. The molecule has 1 aliphatic rings.